The van der Waals surface area contributed by atoms with Gasteiger partial charge in [-0.3, -0.25) is 9.59 Å². The van der Waals surface area contributed by atoms with Gasteiger partial charge in [0.25, 0.3) is 11.8 Å². The summed E-state index contributed by atoms with van der Waals surface area (Å²) >= 11 is 0. The molecule has 0 bridgehead atoms. The lowest BCUT2D eigenvalue weighted by Gasteiger charge is -1.99. The van der Waals surface area contributed by atoms with Crippen LogP contribution in [0.3, 0.4) is 0 Å². The molecule has 0 aliphatic rings. The van der Waals surface area contributed by atoms with Gasteiger partial charge in [-0.25, -0.2) is 0 Å². The molecule has 0 aromatic carbocycles. The molecular weight excluding hydrogens is 224 g/mol. The zero-order valence-electron chi connectivity index (χ0n) is 8.80. The largest absolute Gasteiger partial charge is 0.459 e. The molecule has 0 aliphatic heterocycles. The maximum absolute atomic E-state index is 11.0. The van der Waals surface area contributed by atoms with E-state index in [4.69, 9.17) is 20.3 Å². The lowest BCUT2D eigenvalue weighted by Crippen LogP contribution is -2.14. The van der Waals surface area contributed by atoms with E-state index < -0.39 is 11.8 Å². The number of hydrogen-bond donors (Lipinski definition) is 2. The number of nitrogens with two attached hydrogens (primary N) is 2. The molecule has 6 heteroatoms. The van der Waals surface area contributed by atoms with Crippen LogP contribution in [-0.4, -0.2) is 11.8 Å². The molecule has 88 valence electrons. The maximum Gasteiger partial charge on any atom is 0.284 e. The van der Waals surface area contributed by atoms with Crippen molar-refractivity contribution in [1.82, 2.24) is 0 Å². The molecule has 0 spiro atoms. The predicted octanol–water partition coefficient (Wildman–Crippen LogP) is 0.661. The van der Waals surface area contributed by atoms with Crippen LogP contribution in [0.25, 0.3) is 0 Å². The Kier molecular flexibility index (Phi) is 2.70. The van der Waals surface area contributed by atoms with E-state index >= 15 is 0 Å². The molecule has 0 saturated heterocycles. The number of furan rings is 2. The Hall–Kier alpha value is -2.50. The second kappa shape index (κ2) is 4.17. The highest BCUT2D eigenvalue weighted by Crippen LogP contribution is 2.19. The highest BCUT2D eigenvalue weighted by atomic mass is 16.3. The molecule has 0 atom stereocenters. The van der Waals surface area contributed by atoms with Gasteiger partial charge in [-0.2, -0.15) is 0 Å². The van der Waals surface area contributed by atoms with Gasteiger partial charge in [0.2, 0.25) is 0 Å². The zero-order chi connectivity index (χ0) is 12.4. The Morgan fingerprint density at radius 2 is 1.35 bits per heavy atom. The molecule has 4 N–H and O–H groups in total. The van der Waals surface area contributed by atoms with Crippen LogP contribution < -0.4 is 11.5 Å². The van der Waals surface area contributed by atoms with Gasteiger partial charge in [-0.15, -0.1) is 0 Å². The summed E-state index contributed by atoms with van der Waals surface area (Å²) < 4.78 is 9.91. The van der Waals surface area contributed by atoms with Crippen LogP contribution in [0.5, 0.6) is 0 Å². The van der Waals surface area contributed by atoms with E-state index in [9.17, 15) is 9.59 Å². The van der Waals surface area contributed by atoms with Gasteiger partial charge in [-0.1, -0.05) is 0 Å². The van der Waals surface area contributed by atoms with Crippen LogP contribution in [0.15, 0.2) is 33.5 Å². The van der Waals surface area contributed by atoms with Crippen LogP contribution in [0, 0.1) is 0 Å². The lowest BCUT2D eigenvalue weighted by atomic mass is 10.1. The topological polar surface area (TPSA) is 112 Å². The second-order valence-corrected chi connectivity index (χ2v) is 3.46. The Bertz CT molecular complexity index is 517. The Morgan fingerprint density at radius 1 is 0.941 bits per heavy atom. The quantitative estimate of drug-likeness (QED) is 0.808. The fourth-order valence-electron chi connectivity index (χ4n) is 1.59. The van der Waals surface area contributed by atoms with Gasteiger partial charge in [-0.05, 0) is 12.1 Å². The van der Waals surface area contributed by atoms with Gasteiger partial charge in [0.1, 0.15) is 0 Å². The molecule has 0 unspecified atom stereocenters. The second-order valence-electron chi connectivity index (χ2n) is 3.46. The van der Waals surface area contributed by atoms with Gasteiger partial charge >= 0.3 is 0 Å². The molecule has 2 heterocycles. The molecule has 0 radical (unpaired) electrons. The third-order valence-electron chi connectivity index (χ3n) is 2.32. The zero-order valence-corrected chi connectivity index (χ0v) is 8.80. The highest BCUT2D eigenvalue weighted by Gasteiger charge is 2.17. The molecule has 0 fully saturated rings. The summed E-state index contributed by atoms with van der Waals surface area (Å²) in [6, 6.07) is 3.22. The standard InChI is InChI=1S/C11H10N2O4/c12-10(14)8-6(1-3-16-8)5-7-2-4-17-9(7)11(13)15/h1-4H,5H2,(H2,12,14)(H2,13,15). The van der Waals surface area contributed by atoms with Crippen LogP contribution in [-0.2, 0) is 6.42 Å². The van der Waals surface area contributed by atoms with Gasteiger partial charge in [0.05, 0.1) is 12.5 Å². The summed E-state index contributed by atoms with van der Waals surface area (Å²) in [7, 11) is 0. The maximum atomic E-state index is 11.0. The van der Waals surface area contributed by atoms with Crippen molar-refractivity contribution in [1.29, 1.82) is 0 Å². The van der Waals surface area contributed by atoms with Crippen molar-refractivity contribution in [3.05, 3.63) is 47.3 Å². The van der Waals surface area contributed by atoms with Crippen molar-refractivity contribution in [3.63, 3.8) is 0 Å². The first kappa shape index (κ1) is 11.0. The predicted molar refractivity (Wildman–Crippen MR) is 57.3 cm³/mol. The molecular formula is C11H10N2O4. The minimum atomic E-state index is -0.658. The van der Waals surface area contributed by atoms with Crippen molar-refractivity contribution in [2.45, 2.75) is 6.42 Å². The summed E-state index contributed by atoms with van der Waals surface area (Å²) in [4.78, 5) is 22.1. The number of carbonyl (C=O) groups is 2. The molecule has 0 saturated carbocycles. The molecule has 2 aromatic rings. The van der Waals surface area contributed by atoms with Crippen LogP contribution >= 0.6 is 0 Å². The molecule has 0 aliphatic carbocycles. The normalized spacial score (nSPS) is 10.4. The van der Waals surface area contributed by atoms with Crippen molar-refractivity contribution < 1.29 is 18.4 Å². The van der Waals surface area contributed by atoms with Crippen molar-refractivity contribution >= 4 is 11.8 Å². The molecule has 17 heavy (non-hydrogen) atoms. The third kappa shape index (κ3) is 2.05. The van der Waals surface area contributed by atoms with Crippen molar-refractivity contribution in [2.24, 2.45) is 11.5 Å². The lowest BCUT2D eigenvalue weighted by molar-refractivity contribution is 0.0966. The van der Waals surface area contributed by atoms with E-state index in [2.05, 4.69) is 0 Å². The Labute approximate surface area is 96.2 Å². The van der Waals surface area contributed by atoms with E-state index in [0.717, 1.165) is 0 Å². The summed E-state index contributed by atoms with van der Waals surface area (Å²) in [6.07, 6.45) is 3.02. The first-order valence-electron chi connectivity index (χ1n) is 4.82. The van der Waals surface area contributed by atoms with Crippen LogP contribution in [0.2, 0.25) is 0 Å². The third-order valence-corrected chi connectivity index (χ3v) is 2.32. The van der Waals surface area contributed by atoms with Crippen molar-refractivity contribution in [3.8, 4) is 0 Å². The van der Waals surface area contributed by atoms with Crippen molar-refractivity contribution in [2.75, 3.05) is 0 Å². The summed E-state index contributed by atoms with van der Waals surface area (Å²) in [5.41, 5.74) is 11.4. The first-order chi connectivity index (χ1) is 8.09. The Balaban J connectivity index is 2.32. The molecule has 2 amide bonds. The number of rotatable bonds is 4. The smallest absolute Gasteiger partial charge is 0.284 e. The van der Waals surface area contributed by atoms with E-state index in [1.165, 1.54) is 12.5 Å². The molecule has 2 rings (SSSR count). The van der Waals surface area contributed by atoms with E-state index in [1.807, 2.05) is 0 Å². The average molecular weight is 234 g/mol. The minimum absolute atomic E-state index is 0.0709. The first-order valence-corrected chi connectivity index (χ1v) is 4.82. The fourth-order valence-corrected chi connectivity index (χ4v) is 1.59. The number of primary amides is 2. The van der Waals surface area contributed by atoms with Gasteiger partial charge in [0, 0.05) is 17.5 Å². The Morgan fingerprint density at radius 3 is 1.71 bits per heavy atom. The van der Waals surface area contributed by atoms with Gasteiger partial charge < -0.3 is 20.3 Å². The summed E-state index contributed by atoms with van der Waals surface area (Å²) in [5.74, 6) is -1.17. The monoisotopic (exact) mass is 234 g/mol. The van der Waals surface area contributed by atoms with E-state index in [-0.39, 0.29) is 11.5 Å². The van der Waals surface area contributed by atoms with Crippen LogP contribution in [0.4, 0.5) is 0 Å². The average Bonchev–Trinajstić information content (AvgIpc) is 2.86. The molecule has 2 aromatic heterocycles. The summed E-state index contributed by atoms with van der Waals surface area (Å²) in [5, 5.41) is 0. The highest BCUT2D eigenvalue weighted by molar-refractivity contribution is 5.93. The number of hydrogen-bond acceptors (Lipinski definition) is 4. The summed E-state index contributed by atoms with van der Waals surface area (Å²) in [6.45, 7) is 0. The number of amides is 2. The van der Waals surface area contributed by atoms with E-state index in [1.54, 1.807) is 12.1 Å². The fraction of sp³-hybridized carbons (Fsp3) is 0.0909. The minimum Gasteiger partial charge on any atom is -0.459 e. The SMILES string of the molecule is NC(=O)c1occc1Cc1ccoc1C(N)=O. The molecule has 6 nitrogen and oxygen atoms in total. The number of carbonyl (C=O) groups excluding carboxylic acids is 2. The van der Waals surface area contributed by atoms with Gasteiger partial charge in [0.15, 0.2) is 11.5 Å². The van der Waals surface area contributed by atoms with Crippen LogP contribution in [0.1, 0.15) is 32.2 Å². The van der Waals surface area contributed by atoms with E-state index in [0.29, 0.717) is 17.5 Å².